The van der Waals surface area contributed by atoms with Crippen LogP contribution in [0.4, 0.5) is 11.4 Å². The van der Waals surface area contributed by atoms with Crippen LogP contribution in [0.15, 0.2) is 12.1 Å². The summed E-state index contributed by atoms with van der Waals surface area (Å²) in [5.41, 5.74) is 6.43. The molecule has 0 bridgehead atoms. The number of nitrogens with one attached hydrogen (secondary N) is 1. The molecule has 6 nitrogen and oxygen atoms in total. The molecule has 0 aliphatic carbocycles. The molecule has 1 amide bonds. The van der Waals surface area contributed by atoms with Crippen molar-refractivity contribution in [3.05, 3.63) is 33.8 Å². The van der Waals surface area contributed by atoms with Crippen LogP contribution in [0.25, 0.3) is 0 Å². The zero-order valence-corrected chi connectivity index (χ0v) is 12.5. The maximum Gasteiger partial charge on any atom is 0.246 e. The van der Waals surface area contributed by atoms with Crippen LogP contribution in [0, 0.1) is 13.8 Å². The van der Waals surface area contributed by atoms with Gasteiger partial charge in [-0.05, 0) is 26.0 Å². The van der Waals surface area contributed by atoms with E-state index in [0.29, 0.717) is 28.0 Å². The molecule has 106 valence electrons. The van der Waals surface area contributed by atoms with Crippen molar-refractivity contribution in [1.82, 2.24) is 14.8 Å². The maximum absolute atomic E-state index is 12.0. The van der Waals surface area contributed by atoms with Crippen molar-refractivity contribution in [2.24, 2.45) is 0 Å². The minimum Gasteiger partial charge on any atom is -0.397 e. The van der Waals surface area contributed by atoms with E-state index >= 15 is 0 Å². The zero-order chi connectivity index (χ0) is 14.9. The van der Waals surface area contributed by atoms with Crippen molar-refractivity contribution < 1.29 is 4.79 Å². The molecule has 2 aromatic rings. The Balaban J connectivity index is 2.15. The fourth-order valence-corrected chi connectivity index (χ4v) is 2.31. The maximum atomic E-state index is 12.0. The zero-order valence-electron chi connectivity index (χ0n) is 10.9. The Hall–Kier alpha value is -1.79. The lowest BCUT2D eigenvalue weighted by atomic mass is 10.2. The lowest BCUT2D eigenvalue weighted by Gasteiger charge is -2.11. The van der Waals surface area contributed by atoms with E-state index in [9.17, 15) is 4.79 Å². The molecule has 1 heterocycles. The van der Waals surface area contributed by atoms with Gasteiger partial charge in [-0.3, -0.25) is 4.79 Å². The Bertz CT molecular complexity index is 645. The number of aryl methyl sites for hydroxylation is 2. The van der Waals surface area contributed by atoms with E-state index in [1.54, 1.807) is 13.8 Å². The van der Waals surface area contributed by atoms with Gasteiger partial charge in [-0.25, -0.2) is 9.67 Å². The summed E-state index contributed by atoms with van der Waals surface area (Å²) in [5.74, 6) is 0.973. The van der Waals surface area contributed by atoms with E-state index in [2.05, 4.69) is 15.4 Å². The van der Waals surface area contributed by atoms with Gasteiger partial charge in [0, 0.05) is 5.02 Å². The summed E-state index contributed by atoms with van der Waals surface area (Å²) in [6.07, 6.45) is 0. The minimum absolute atomic E-state index is 0.0328. The molecule has 20 heavy (non-hydrogen) atoms. The SMILES string of the molecule is Cc1nc(C)n(CC(=O)Nc2c(N)cc(Cl)cc2Cl)n1. The highest BCUT2D eigenvalue weighted by atomic mass is 35.5. The van der Waals surface area contributed by atoms with E-state index in [-0.39, 0.29) is 17.5 Å². The molecule has 3 N–H and O–H groups in total. The van der Waals surface area contributed by atoms with Crippen molar-refractivity contribution in [3.8, 4) is 0 Å². The van der Waals surface area contributed by atoms with Crippen LogP contribution in [0.3, 0.4) is 0 Å². The molecule has 0 saturated carbocycles. The summed E-state index contributed by atoms with van der Waals surface area (Å²) in [7, 11) is 0. The molecule has 1 aromatic heterocycles. The third-order valence-corrected chi connectivity index (χ3v) is 3.12. The Kier molecular flexibility index (Phi) is 4.15. The lowest BCUT2D eigenvalue weighted by molar-refractivity contribution is -0.116. The quantitative estimate of drug-likeness (QED) is 0.852. The normalized spacial score (nSPS) is 10.6. The third kappa shape index (κ3) is 3.20. The molecule has 0 atom stereocenters. The summed E-state index contributed by atoms with van der Waals surface area (Å²) in [6, 6.07) is 3.04. The first-order valence-corrected chi connectivity index (χ1v) is 6.55. The predicted octanol–water partition coefficient (Wildman–Crippen LogP) is 2.42. The highest BCUT2D eigenvalue weighted by Crippen LogP contribution is 2.31. The largest absolute Gasteiger partial charge is 0.397 e. The van der Waals surface area contributed by atoms with Gasteiger partial charge in [0.1, 0.15) is 18.2 Å². The molecule has 0 aliphatic heterocycles. The Labute approximate surface area is 125 Å². The van der Waals surface area contributed by atoms with E-state index in [1.165, 1.54) is 16.8 Å². The molecule has 8 heteroatoms. The summed E-state index contributed by atoms with van der Waals surface area (Å²) >= 11 is 11.8. The molecule has 1 aromatic carbocycles. The molecule has 0 aliphatic rings. The van der Waals surface area contributed by atoms with Crippen LogP contribution < -0.4 is 11.1 Å². The van der Waals surface area contributed by atoms with Crippen molar-refractivity contribution in [1.29, 1.82) is 0 Å². The number of carbonyl (C=O) groups excluding carboxylic acids is 1. The average Bonchev–Trinajstić information content (AvgIpc) is 2.62. The average molecular weight is 314 g/mol. The number of amides is 1. The van der Waals surface area contributed by atoms with Gasteiger partial charge in [-0.2, -0.15) is 5.10 Å². The summed E-state index contributed by atoms with van der Waals surface area (Å²) in [6.45, 7) is 3.57. The molecule has 0 fully saturated rings. The predicted molar refractivity (Wildman–Crippen MR) is 79.0 cm³/mol. The van der Waals surface area contributed by atoms with Gasteiger partial charge >= 0.3 is 0 Å². The van der Waals surface area contributed by atoms with Gasteiger partial charge in [-0.1, -0.05) is 23.2 Å². The number of rotatable bonds is 3. The Morgan fingerprint density at radius 2 is 2.10 bits per heavy atom. The van der Waals surface area contributed by atoms with Crippen molar-refractivity contribution >= 4 is 40.5 Å². The van der Waals surface area contributed by atoms with Gasteiger partial charge in [0.25, 0.3) is 0 Å². The van der Waals surface area contributed by atoms with Crippen LogP contribution in [0.5, 0.6) is 0 Å². The van der Waals surface area contributed by atoms with E-state index < -0.39 is 0 Å². The summed E-state index contributed by atoms with van der Waals surface area (Å²) in [4.78, 5) is 16.1. The lowest BCUT2D eigenvalue weighted by Crippen LogP contribution is -2.21. The van der Waals surface area contributed by atoms with Gasteiger partial charge in [0.15, 0.2) is 0 Å². The van der Waals surface area contributed by atoms with Gasteiger partial charge in [0.05, 0.1) is 16.4 Å². The number of nitrogens with zero attached hydrogens (tertiary/aromatic N) is 3. The number of anilines is 2. The number of nitrogens with two attached hydrogens (primary N) is 1. The topological polar surface area (TPSA) is 85.8 Å². The number of benzene rings is 1. The van der Waals surface area contributed by atoms with Crippen LogP contribution in [-0.2, 0) is 11.3 Å². The fraction of sp³-hybridized carbons (Fsp3) is 0.250. The number of halogens is 2. The first kappa shape index (κ1) is 14.6. The van der Waals surface area contributed by atoms with E-state index in [0.717, 1.165) is 0 Å². The second-order valence-corrected chi connectivity index (χ2v) is 5.11. The standard InChI is InChI=1S/C12H13Cl2N5O/c1-6-16-7(2)19(18-6)5-11(20)17-12-9(14)3-8(13)4-10(12)15/h3-4H,5,15H2,1-2H3,(H,17,20). The van der Waals surface area contributed by atoms with Crippen molar-refractivity contribution in [2.45, 2.75) is 20.4 Å². The van der Waals surface area contributed by atoms with Gasteiger partial charge < -0.3 is 11.1 Å². The minimum atomic E-state index is -0.297. The van der Waals surface area contributed by atoms with E-state index in [1.807, 2.05) is 0 Å². The molecule has 0 unspecified atom stereocenters. The highest BCUT2D eigenvalue weighted by Gasteiger charge is 2.13. The van der Waals surface area contributed by atoms with Crippen molar-refractivity contribution in [2.75, 3.05) is 11.1 Å². The number of nitrogen functional groups attached to an aromatic ring is 1. The van der Waals surface area contributed by atoms with Gasteiger partial charge in [-0.15, -0.1) is 0 Å². The van der Waals surface area contributed by atoms with Crippen LogP contribution in [0.1, 0.15) is 11.6 Å². The second kappa shape index (κ2) is 5.68. The van der Waals surface area contributed by atoms with Crippen LogP contribution in [0.2, 0.25) is 10.0 Å². The Morgan fingerprint density at radius 3 is 2.65 bits per heavy atom. The molecular formula is C12H13Cl2N5O. The van der Waals surface area contributed by atoms with Crippen molar-refractivity contribution in [3.63, 3.8) is 0 Å². The monoisotopic (exact) mass is 313 g/mol. The molecule has 0 radical (unpaired) electrons. The number of aromatic nitrogens is 3. The first-order chi connectivity index (χ1) is 9.36. The first-order valence-electron chi connectivity index (χ1n) is 5.79. The number of carbonyl (C=O) groups is 1. The van der Waals surface area contributed by atoms with Crippen LogP contribution in [-0.4, -0.2) is 20.7 Å². The summed E-state index contributed by atoms with van der Waals surface area (Å²) in [5, 5.41) is 7.46. The molecule has 0 spiro atoms. The smallest absolute Gasteiger partial charge is 0.246 e. The van der Waals surface area contributed by atoms with Crippen LogP contribution >= 0.6 is 23.2 Å². The van der Waals surface area contributed by atoms with Gasteiger partial charge in [0.2, 0.25) is 5.91 Å². The van der Waals surface area contributed by atoms with E-state index in [4.69, 9.17) is 28.9 Å². The highest BCUT2D eigenvalue weighted by molar-refractivity contribution is 6.37. The summed E-state index contributed by atoms with van der Waals surface area (Å²) < 4.78 is 1.50. The molecular weight excluding hydrogens is 301 g/mol. The number of hydrogen-bond acceptors (Lipinski definition) is 4. The number of hydrogen-bond donors (Lipinski definition) is 2. The second-order valence-electron chi connectivity index (χ2n) is 4.26. The third-order valence-electron chi connectivity index (χ3n) is 2.61. The molecule has 2 rings (SSSR count). The molecule has 0 saturated heterocycles. The Morgan fingerprint density at radius 1 is 1.40 bits per heavy atom. The fourth-order valence-electron chi connectivity index (χ4n) is 1.75.